The second-order valence-corrected chi connectivity index (χ2v) is 11.2. The van der Waals surface area contributed by atoms with Crippen molar-refractivity contribution in [1.82, 2.24) is 15.5 Å². The Morgan fingerprint density at radius 1 is 1.21 bits per heavy atom. The van der Waals surface area contributed by atoms with Crippen LogP contribution in [0.5, 0.6) is 0 Å². The number of hydrogen-bond donors (Lipinski definition) is 4. The summed E-state index contributed by atoms with van der Waals surface area (Å²) >= 11 is 5.92. The Labute approximate surface area is 210 Å². The summed E-state index contributed by atoms with van der Waals surface area (Å²) in [4.78, 5) is 28.2. The molecule has 0 spiro atoms. The summed E-state index contributed by atoms with van der Waals surface area (Å²) in [5.74, 6) is 1.14. The standard InChI is InChI=1S/C25H45N5O3S/c1-6-14-33-24(32)29-20(25(4,5)16(2)3)23(34)30-13-7-8-19(30)22(31)28-15-17-9-11-18(12-10-17)21(26)27/h16-20H,6-15H2,1-5H3,(H3,26,27)(H,28,31)(H,29,32)/t17?,18?,19-,20+/m0/s1. The van der Waals surface area contributed by atoms with Crippen LogP contribution < -0.4 is 16.4 Å². The molecule has 0 aromatic carbocycles. The Hall–Kier alpha value is -1.90. The summed E-state index contributed by atoms with van der Waals surface area (Å²) < 4.78 is 5.28. The number of amidine groups is 1. The van der Waals surface area contributed by atoms with Crippen LogP contribution in [0.15, 0.2) is 0 Å². The fourth-order valence-electron chi connectivity index (χ4n) is 4.76. The molecular formula is C25H45N5O3S. The number of ether oxygens (including phenoxy) is 1. The van der Waals surface area contributed by atoms with Crippen LogP contribution >= 0.6 is 12.2 Å². The first-order valence-corrected chi connectivity index (χ1v) is 13.2. The second kappa shape index (κ2) is 12.7. The van der Waals surface area contributed by atoms with Crippen molar-refractivity contribution in [2.24, 2.45) is 28.9 Å². The lowest BCUT2D eigenvalue weighted by atomic mass is 9.74. The molecule has 194 valence electrons. The molecule has 5 N–H and O–H groups in total. The molecule has 9 heteroatoms. The molecule has 2 amide bonds. The van der Waals surface area contributed by atoms with Crippen molar-refractivity contribution >= 4 is 35.0 Å². The third-order valence-electron chi connectivity index (χ3n) is 7.87. The van der Waals surface area contributed by atoms with Crippen LogP contribution in [0, 0.1) is 28.6 Å². The van der Waals surface area contributed by atoms with Gasteiger partial charge in [0.05, 0.1) is 18.5 Å². The van der Waals surface area contributed by atoms with Crippen LogP contribution in [0.2, 0.25) is 0 Å². The van der Waals surface area contributed by atoms with Crippen molar-refractivity contribution in [3.63, 3.8) is 0 Å². The number of amides is 2. The Balaban J connectivity index is 2.03. The first-order valence-electron chi connectivity index (χ1n) is 12.8. The smallest absolute Gasteiger partial charge is 0.407 e. The average molecular weight is 496 g/mol. The quantitative estimate of drug-likeness (QED) is 0.208. The lowest BCUT2D eigenvalue weighted by Gasteiger charge is -2.42. The van der Waals surface area contributed by atoms with Gasteiger partial charge in [0.2, 0.25) is 5.91 Å². The molecule has 0 aromatic heterocycles. The molecule has 0 aromatic rings. The first kappa shape index (κ1) is 28.3. The molecule has 0 unspecified atom stereocenters. The highest BCUT2D eigenvalue weighted by molar-refractivity contribution is 7.80. The predicted octanol–water partition coefficient (Wildman–Crippen LogP) is 3.82. The Kier molecular flexibility index (Phi) is 10.6. The molecule has 34 heavy (non-hydrogen) atoms. The zero-order valence-corrected chi connectivity index (χ0v) is 22.4. The van der Waals surface area contributed by atoms with E-state index < -0.39 is 12.1 Å². The largest absolute Gasteiger partial charge is 0.450 e. The highest BCUT2D eigenvalue weighted by atomic mass is 32.1. The van der Waals surface area contributed by atoms with Gasteiger partial charge in [0.15, 0.2) is 0 Å². The normalized spacial score (nSPS) is 23.9. The summed E-state index contributed by atoms with van der Waals surface area (Å²) in [6.45, 7) is 12.1. The lowest BCUT2D eigenvalue weighted by molar-refractivity contribution is -0.124. The van der Waals surface area contributed by atoms with Gasteiger partial charge in [0, 0.05) is 19.0 Å². The van der Waals surface area contributed by atoms with Gasteiger partial charge >= 0.3 is 6.09 Å². The van der Waals surface area contributed by atoms with E-state index in [1.165, 1.54) is 0 Å². The Morgan fingerprint density at radius 3 is 2.41 bits per heavy atom. The number of nitrogens with one attached hydrogen (secondary N) is 3. The van der Waals surface area contributed by atoms with E-state index in [4.69, 9.17) is 28.1 Å². The van der Waals surface area contributed by atoms with Gasteiger partial charge in [-0.15, -0.1) is 0 Å². The number of alkyl carbamates (subject to hydrolysis) is 1. The van der Waals surface area contributed by atoms with E-state index in [0.717, 1.165) is 44.9 Å². The molecule has 0 bridgehead atoms. The highest BCUT2D eigenvalue weighted by Crippen LogP contribution is 2.34. The maximum atomic E-state index is 13.2. The number of carbonyl (C=O) groups is 2. The van der Waals surface area contributed by atoms with Crippen molar-refractivity contribution in [3.8, 4) is 0 Å². The molecule has 2 rings (SSSR count). The van der Waals surface area contributed by atoms with Crippen LogP contribution in [0.25, 0.3) is 0 Å². The molecule has 2 atom stereocenters. The van der Waals surface area contributed by atoms with Gasteiger partial charge in [0.25, 0.3) is 0 Å². The second-order valence-electron chi connectivity index (χ2n) is 10.8. The molecule has 2 fully saturated rings. The number of hydrogen-bond acceptors (Lipinski definition) is 5. The molecule has 2 aliphatic rings. The number of rotatable bonds is 10. The minimum Gasteiger partial charge on any atom is -0.450 e. The van der Waals surface area contributed by atoms with Gasteiger partial charge in [-0.25, -0.2) is 4.79 Å². The van der Waals surface area contributed by atoms with Crippen molar-refractivity contribution in [1.29, 1.82) is 5.41 Å². The fraction of sp³-hybridized carbons (Fsp3) is 0.840. The highest BCUT2D eigenvalue weighted by Gasteiger charge is 2.42. The predicted molar refractivity (Wildman–Crippen MR) is 140 cm³/mol. The molecule has 1 saturated carbocycles. The van der Waals surface area contributed by atoms with E-state index in [1.807, 2.05) is 11.8 Å². The minimum absolute atomic E-state index is 0.00297. The van der Waals surface area contributed by atoms with Crippen LogP contribution in [0.3, 0.4) is 0 Å². The van der Waals surface area contributed by atoms with Crippen molar-refractivity contribution in [2.75, 3.05) is 19.7 Å². The fourth-order valence-corrected chi connectivity index (χ4v) is 5.34. The van der Waals surface area contributed by atoms with Crippen LogP contribution in [-0.4, -0.2) is 59.5 Å². The maximum Gasteiger partial charge on any atom is 0.407 e. The van der Waals surface area contributed by atoms with Gasteiger partial charge in [-0.05, 0) is 62.2 Å². The molecule has 8 nitrogen and oxygen atoms in total. The number of nitrogens with zero attached hydrogens (tertiary/aromatic N) is 1. The van der Waals surface area contributed by atoms with E-state index in [0.29, 0.717) is 30.6 Å². The molecular weight excluding hydrogens is 450 g/mol. The summed E-state index contributed by atoms with van der Waals surface area (Å²) in [5.41, 5.74) is 5.33. The van der Waals surface area contributed by atoms with E-state index in [2.05, 4.69) is 38.3 Å². The van der Waals surface area contributed by atoms with Crippen molar-refractivity contribution in [3.05, 3.63) is 0 Å². The van der Waals surface area contributed by atoms with E-state index in [9.17, 15) is 9.59 Å². The van der Waals surface area contributed by atoms with Gasteiger partial charge in [0.1, 0.15) is 11.0 Å². The zero-order chi connectivity index (χ0) is 25.5. The molecule has 1 aliphatic carbocycles. The van der Waals surface area contributed by atoms with E-state index in [1.54, 1.807) is 0 Å². The number of nitrogens with two attached hydrogens (primary N) is 1. The van der Waals surface area contributed by atoms with Gasteiger partial charge in [-0.1, -0.05) is 46.8 Å². The lowest BCUT2D eigenvalue weighted by Crippen LogP contribution is -2.58. The third kappa shape index (κ3) is 7.30. The SMILES string of the molecule is CCCOC(=O)N[C@H](C(=S)N1CCC[C@H]1C(=O)NCC1CCC(C(=N)N)CC1)C(C)(C)C(C)C. The van der Waals surface area contributed by atoms with Crippen molar-refractivity contribution < 1.29 is 14.3 Å². The molecule has 0 radical (unpaired) electrons. The average Bonchev–Trinajstić information content (AvgIpc) is 3.29. The summed E-state index contributed by atoms with van der Waals surface area (Å²) in [6, 6.07) is -0.734. The monoisotopic (exact) mass is 495 g/mol. The number of carbonyl (C=O) groups excluding carboxylic acids is 2. The van der Waals surface area contributed by atoms with Crippen LogP contribution in [0.4, 0.5) is 4.79 Å². The van der Waals surface area contributed by atoms with Gasteiger partial charge in [-0.2, -0.15) is 0 Å². The summed E-state index contributed by atoms with van der Waals surface area (Å²) in [6.07, 6.45) is 5.71. The number of likely N-dealkylation sites (tertiary alicyclic amines) is 1. The summed E-state index contributed by atoms with van der Waals surface area (Å²) in [5, 5.41) is 13.8. The van der Waals surface area contributed by atoms with Gasteiger partial charge in [-0.3, -0.25) is 10.2 Å². The third-order valence-corrected chi connectivity index (χ3v) is 8.34. The summed E-state index contributed by atoms with van der Waals surface area (Å²) in [7, 11) is 0. The maximum absolute atomic E-state index is 13.2. The van der Waals surface area contributed by atoms with Crippen LogP contribution in [0.1, 0.15) is 79.6 Å². The van der Waals surface area contributed by atoms with Gasteiger partial charge < -0.3 is 26.0 Å². The van der Waals surface area contributed by atoms with Crippen LogP contribution in [-0.2, 0) is 9.53 Å². The first-order chi connectivity index (χ1) is 16.0. The number of thiocarbonyl (C=S) groups is 1. The minimum atomic E-state index is -0.468. The van der Waals surface area contributed by atoms with Crippen molar-refractivity contribution in [2.45, 2.75) is 91.6 Å². The molecule has 1 saturated heterocycles. The topological polar surface area (TPSA) is 121 Å². The Bertz CT molecular complexity index is 734. The van der Waals surface area contributed by atoms with E-state index in [-0.39, 0.29) is 35.0 Å². The Morgan fingerprint density at radius 2 is 1.85 bits per heavy atom. The molecule has 1 aliphatic heterocycles. The van der Waals surface area contributed by atoms with E-state index >= 15 is 0 Å². The molecule has 1 heterocycles. The zero-order valence-electron chi connectivity index (χ0n) is 21.6.